The zero-order chi connectivity index (χ0) is 14.6. The fraction of sp³-hybridized carbons (Fsp3) is 0.571. The van der Waals surface area contributed by atoms with Gasteiger partial charge >= 0.3 is 6.18 Å². The van der Waals surface area contributed by atoms with Crippen molar-refractivity contribution in [1.82, 2.24) is 4.90 Å². The van der Waals surface area contributed by atoms with E-state index >= 15 is 0 Å². The third-order valence-electron chi connectivity index (χ3n) is 3.57. The number of likely N-dealkylation sites (tertiary alicyclic amines) is 1. The standard InChI is InChI=1S/C14H18F4N2/c15-12-3-5-13(6-4-12)19-7-9-20-8-1-2-11(10-20)14(16,17)18/h3-6,11,19H,1-2,7-10H2. The predicted molar refractivity (Wildman–Crippen MR) is 70.1 cm³/mol. The maximum absolute atomic E-state index is 12.7. The van der Waals surface area contributed by atoms with Crippen LogP contribution in [0.3, 0.4) is 0 Å². The first kappa shape index (κ1) is 15.1. The summed E-state index contributed by atoms with van der Waals surface area (Å²) < 4.78 is 50.7. The molecule has 1 N–H and O–H groups in total. The number of rotatable bonds is 4. The molecule has 1 atom stereocenters. The Morgan fingerprint density at radius 1 is 1.20 bits per heavy atom. The van der Waals surface area contributed by atoms with Gasteiger partial charge in [-0.25, -0.2) is 4.39 Å². The molecule has 1 unspecified atom stereocenters. The Bertz CT molecular complexity index is 416. The molecule has 0 aliphatic carbocycles. The number of nitrogens with zero attached hydrogens (tertiary/aromatic N) is 1. The molecule has 1 aromatic carbocycles. The van der Waals surface area contributed by atoms with Gasteiger partial charge < -0.3 is 10.2 Å². The molecule has 1 aromatic rings. The van der Waals surface area contributed by atoms with Gasteiger partial charge in [0.15, 0.2) is 0 Å². The summed E-state index contributed by atoms with van der Waals surface area (Å²) in [6.45, 7) is 1.90. The van der Waals surface area contributed by atoms with E-state index in [1.54, 1.807) is 12.1 Å². The maximum Gasteiger partial charge on any atom is 0.393 e. The van der Waals surface area contributed by atoms with Gasteiger partial charge in [-0.3, -0.25) is 0 Å². The van der Waals surface area contributed by atoms with Crippen molar-refractivity contribution in [2.45, 2.75) is 19.0 Å². The van der Waals surface area contributed by atoms with Crippen LogP contribution in [0.15, 0.2) is 24.3 Å². The van der Waals surface area contributed by atoms with Gasteiger partial charge in [0, 0.05) is 25.3 Å². The second-order valence-corrected chi connectivity index (χ2v) is 5.12. The maximum atomic E-state index is 12.7. The van der Waals surface area contributed by atoms with Crippen LogP contribution >= 0.6 is 0 Å². The number of alkyl halides is 3. The van der Waals surface area contributed by atoms with Crippen molar-refractivity contribution < 1.29 is 17.6 Å². The van der Waals surface area contributed by atoms with E-state index in [9.17, 15) is 17.6 Å². The molecule has 0 bridgehead atoms. The molecule has 1 heterocycles. The van der Waals surface area contributed by atoms with Crippen LogP contribution in [-0.2, 0) is 0 Å². The molecular weight excluding hydrogens is 272 g/mol. The van der Waals surface area contributed by atoms with Gasteiger partial charge in [0.25, 0.3) is 0 Å². The topological polar surface area (TPSA) is 15.3 Å². The molecular formula is C14H18F4N2. The lowest BCUT2D eigenvalue weighted by Gasteiger charge is -2.33. The molecule has 20 heavy (non-hydrogen) atoms. The fourth-order valence-electron chi connectivity index (χ4n) is 2.45. The van der Waals surface area contributed by atoms with Crippen LogP contribution in [0.1, 0.15) is 12.8 Å². The van der Waals surface area contributed by atoms with E-state index in [4.69, 9.17) is 0 Å². The van der Waals surface area contributed by atoms with Gasteiger partial charge in [0.05, 0.1) is 5.92 Å². The summed E-state index contributed by atoms with van der Waals surface area (Å²) >= 11 is 0. The van der Waals surface area contributed by atoms with Gasteiger partial charge in [-0.1, -0.05) is 0 Å². The quantitative estimate of drug-likeness (QED) is 0.854. The lowest BCUT2D eigenvalue weighted by molar-refractivity contribution is -0.186. The predicted octanol–water partition coefficient (Wildman–Crippen LogP) is 3.51. The molecule has 0 radical (unpaired) electrons. The van der Waals surface area contributed by atoms with Gasteiger partial charge in [0.2, 0.25) is 0 Å². The molecule has 0 amide bonds. The zero-order valence-electron chi connectivity index (χ0n) is 11.1. The van der Waals surface area contributed by atoms with Gasteiger partial charge in [-0.2, -0.15) is 13.2 Å². The molecule has 6 heteroatoms. The smallest absolute Gasteiger partial charge is 0.384 e. The van der Waals surface area contributed by atoms with Crippen molar-refractivity contribution in [3.05, 3.63) is 30.1 Å². The molecule has 0 aromatic heterocycles. The number of piperidine rings is 1. The van der Waals surface area contributed by atoms with Crippen molar-refractivity contribution in [3.63, 3.8) is 0 Å². The Morgan fingerprint density at radius 3 is 2.55 bits per heavy atom. The molecule has 1 fully saturated rings. The summed E-state index contributed by atoms with van der Waals surface area (Å²) in [5.74, 6) is -1.51. The van der Waals surface area contributed by atoms with E-state index < -0.39 is 12.1 Å². The minimum absolute atomic E-state index is 0.0780. The molecule has 1 aliphatic rings. The van der Waals surface area contributed by atoms with Gasteiger partial charge in [-0.05, 0) is 43.7 Å². The highest BCUT2D eigenvalue weighted by atomic mass is 19.4. The normalized spacial score (nSPS) is 20.9. The van der Waals surface area contributed by atoms with E-state index in [0.29, 0.717) is 26.1 Å². The second-order valence-electron chi connectivity index (χ2n) is 5.12. The monoisotopic (exact) mass is 290 g/mol. The average Bonchev–Trinajstić information content (AvgIpc) is 2.40. The summed E-state index contributed by atoms with van der Waals surface area (Å²) in [4.78, 5) is 1.83. The van der Waals surface area contributed by atoms with Gasteiger partial charge in [-0.15, -0.1) is 0 Å². The highest BCUT2D eigenvalue weighted by Crippen LogP contribution is 2.32. The highest BCUT2D eigenvalue weighted by Gasteiger charge is 2.41. The van der Waals surface area contributed by atoms with Crippen LogP contribution in [-0.4, -0.2) is 37.3 Å². The van der Waals surface area contributed by atoms with E-state index in [0.717, 1.165) is 5.69 Å². The first-order chi connectivity index (χ1) is 9.45. The van der Waals surface area contributed by atoms with Crippen molar-refractivity contribution in [2.24, 2.45) is 5.92 Å². The summed E-state index contributed by atoms with van der Waals surface area (Å²) in [6, 6.07) is 5.93. The molecule has 0 saturated carbocycles. The molecule has 112 valence electrons. The van der Waals surface area contributed by atoms with Crippen molar-refractivity contribution >= 4 is 5.69 Å². The summed E-state index contributed by atoms with van der Waals surface area (Å²) in [6.07, 6.45) is -3.28. The summed E-state index contributed by atoms with van der Waals surface area (Å²) in [7, 11) is 0. The van der Waals surface area contributed by atoms with E-state index in [-0.39, 0.29) is 18.8 Å². The number of anilines is 1. The molecule has 0 spiro atoms. The van der Waals surface area contributed by atoms with Crippen LogP contribution in [0, 0.1) is 11.7 Å². The van der Waals surface area contributed by atoms with Crippen LogP contribution in [0.4, 0.5) is 23.2 Å². The van der Waals surface area contributed by atoms with Crippen LogP contribution in [0.25, 0.3) is 0 Å². The number of benzene rings is 1. The Balaban J connectivity index is 1.75. The second kappa shape index (κ2) is 6.43. The minimum Gasteiger partial charge on any atom is -0.384 e. The minimum atomic E-state index is -4.09. The van der Waals surface area contributed by atoms with Crippen molar-refractivity contribution in [3.8, 4) is 0 Å². The van der Waals surface area contributed by atoms with Crippen molar-refractivity contribution in [1.29, 1.82) is 0 Å². The number of nitrogens with one attached hydrogen (secondary N) is 1. The summed E-state index contributed by atoms with van der Waals surface area (Å²) in [5, 5.41) is 3.08. The van der Waals surface area contributed by atoms with Crippen LogP contribution < -0.4 is 5.32 Å². The first-order valence-electron chi connectivity index (χ1n) is 6.73. The first-order valence-corrected chi connectivity index (χ1v) is 6.73. The third kappa shape index (κ3) is 4.37. The number of hydrogen-bond donors (Lipinski definition) is 1. The average molecular weight is 290 g/mol. The Kier molecular flexibility index (Phi) is 4.86. The third-order valence-corrected chi connectivity index (χ3v) is 3.57. The largest absolute Gasteiger partial charge is 0.393 e. The van der Waals surface area contributed by atoms with E-state index in [1.165, 1.54) is 12.1 Å². The van der Waals surface area contributed by atoms with Gasteiger partial charge in [0.1, 0.15) is 5.82 Å². The van der Waals surface area contributed by atoms with Crippen molar-refractivity contribution in [2.75, 3.05) is 31.5 Å². The zero-order valence-corrected chi connectivity index (χ0v) is 11.1. The molecule has 2 rings (SSSR count). The molecule has 2 nitrogen and oxygen atoms in total. The fourth-order valence-corrected chi connectivity index (χ4v) is 2.45. The lowest BCUT2D eigenvalue weighted by Crippen LogP contribution is -2.43. The van der Waals surface area contributed by atoms with Crippen LogP contribution in [0.5, 0.6) is 0 Å². The number of halogens is 4. The molecule has 1 saturated heterocycles. The molecule has 1 aliphatic heterocycles. The highest BCUT2D eigenvalue weighted by molar-refractivity contribution is 5.42. The Morgan fingerprint density at radius 2 is 1.90 bits per heavy atom. The SMILES string of the molecule is Fc1ccc(NCCN2CCCC(C(F)(F)F)C2)cc1. The summed E-state index contributed by atoms with van der Waals surface area (Å²) in [5.41, 5.74) is 0.774. The Hall–Kier alpha value is -1.30. The van der Waals surface area contributed by atoms with Crippen LogP contribution in [0.2, 0.25) is 0 Å². The Labute approximate surface area is 115 Å². The number of hydrogen-bond acceptors (Lipinski definition) is 2. The lowest BCUT2D eigenvalue weighted by atomic mass is 9.97. The van der Waals surface area contributed by atoms with E-state index in [2.05, 4.69) is 5.32 Å². The van der Waals surface area contributed by atoms with E-state index in [1.807, 2.05) is 4.90 Å².